The van der Waals surface area contributed by atoms with E-state index in [1.807, 2.05) is 6.07 Å². The monoisotopic (exact) mass is 316 g/mol. The normalized spacial score (nSPS) is 11.5. The van der Waals surface area contributed by atoms with Crippen LogP contribution in [0.4, 0.5) is 0 Å². The Bertz CT molecular complexity index is 670. The van der Waals surface area contributed by atoms with E-state index in [-0.39, 0.29) is 16.5 Å². The summed E-state index contributed by atoms with van der Waals surface area (Å²) in [4.78, 5) is -0.0884. The van der Waals surface area contributed by atoms with E-state index in [4.69, 9.17) is 27.4 Å². The Morgan fingerprint density at radius 2 is 1.68 bits per heavy atom. The Hall–Kier alpha value is -1.07. The molecule has 2 rings (SSSR count). The maximum Gasteiger partial charge on any atom is 0.298 e. The predicted octanol–water partition coefficient (Wildman–Crippen LogP) is 3.90. The Labute approximate surface area is 121 Å². The highest BCUT2D eigenvalue weighted by Gasteiger charge is 2.19. The number of benzene rings is 2. The van der Waals surface area contributed by atoms with Crippen molar-refractivity contribution in [2.45, 2.75) is 11.5 Å². The van der Waals surface area contributed by atoms with Crippen LogP contribution in [0.15, 0.2) is 53.4 Å². The number of rotatable bonds is 4. The first-order chi connectivity index (χ1) is 8.99. The van der Waals surface area contributed by atoms with E-state index >= 15 is 0 Å². The second-order valence-corrected chi connectivity index (χ2v) is 6.20. The molecule has 19 heavy (non-hydrogen) atoms. The highest BCUT2D eigenvalue weighted by molar-refractivity contribution is 7.86. The summed E-state index contributed by atoms with van der Waals surface area (Å²) >= 11 is 11.6. The first kappa shape index (κ1) is 14.3. The minimum Gasteiger partial charge on any atom is -0.262 e. The summed E-state index contributed by atoms with van der Waals surface area (Å²) in [5, 5.41) is 0.410. The van der Waals surface area contributed by atoms with E-state index in [0.29, 0.717) is 5.02 Å². The molecule has 0 N–H and O–H groups in total. The minimum absolute atomic E-state index is 0.0396. The lowest BCUT2D eigenvalue weighted by molar-refractivity contribution is 0.308. The molecule has 0 radical (unpaired) electrons. The van der Waals surface area contributed by atoms with Gasteiger partial charge in [-0.3, -0.25) is 4.18 Å². The Kier molecular flexibility index (Phi) is 4.47. The van der Waals surface area contributed by atoms with Crippen molar-refractivity contribution < 1.29 is 12.6 Å². The fourth-order valence-corrected chi connectivity index (χ4v) is 3.10. The van der Waals surface area contributed by atoms with Gasteiger partial charge in [0.1, 0.15) is 4.90 Å². The van der Waals surface area contributed by atoms with Crippen molar-refractivity contribution in [1.82, 2.24) is 0 Å². The van der Waals surface area contributed by atoms with Crippen molar-refractivity contribution in [1.29, 1.82) is 0 Å². The molecule has 0 fully saturated rings. The molecule has 0 unspecified atom stereocenters. The zero-order valence-electron chi connectivity index (χ0n) is 9.71. The van der Waals surface area contributed by atoms with Crippen LogP contribution in [0.3, 0.4) is 0 Å². The molecule has 0 atom stereocenters. The predicted molar refractivity (Wildman–Crippen MR) is 74.9 cm³/mol. The Morgan fingerprint density at radius 3 is 2.32 bits per heavy atom. The molecule has 0 spiro atoms. The van der Waals surface area contributed by atoms with E-state index in [1.54, 1.807) is 24.3 Å². The fraction of sp³-hybridized carbons (Fsp3) is 0.0769. The van der Waals surface area contributed by atoms with Gasteiger partial charge in [0.15, 0.2) is 0 Å². The van der Waals surface area contributed by atoms with E-state index < -0.39 is 10.1 Å². The third-order valence-electron chi connectivity index (χ3n) is 2.39. The molecule has 0 heterocycles. The van der Waals surface area contributed by atoms with Crippen LogP contribution in [-0.2, 0) is 20.9 Å². The average molecular weight is 317 g/mol. The molecule has 2 aromatic carbocycles. The summed E-state index contributed by atoms with van der Waals surface area (Å²) in [7, 11) is -3.90. The zero-order chi connectivity index (χ0) is 13.9. The van der Waals surface area contributed by atoms with Crippen LogP contribution < -0.4 is 0 Å². The van der Waals surface area contributed by atoms with E-state index in [2.05, 4.69) is 0 Å². The molecule has 0 aliphatic carbocycles. The Morgan fingerprint density at radius 1 is 1.00 bits per heavy atom. The van der Waals surface area contributed by atoms with Crippen molar-refractivity contribution in [3.63, 3.8) is 0 Å². The van der Waals surface area contributed by atoms with Gasteiger partial charge in [0.05, 0.1) is 11.6 Å². The molecule has 0 bridgehead atoms. The van der Waals surface area contributed by atoms with Crippen molar-refractivity contribution >= 4 is 33.3 Å². The molecule has 2 aromatic rings. The molecule has 0 amide bonds. The largest absolute Gasteiger partial charge is 0.298 e. The molecule has 100 valence electrons. The number of hydrogen-bond acceptors (Lipinski definition) is 3. The molecule has 3 nitrogen and oxygen atoms in total. The van der Waals surface area contributed by atoms with Crippen molar-refractivity contribution in [2.24, 2.45) is 0 Å². The smallest absolute Gasteiger partial charge is 0.262 e. The molecule has 0 saturated heterocycles. The molecular weight excluding hydrogens is 307 g/mol. The van der Waals surface area contributed by atoms with Gasteiger partial charge in [-0.25, -0.2) is 0 Å². The summed E-state index contributed by atoms with van der Waals surface area (Å²) in [6, 6.07) is 13.1. The highest BCUT2D eigenvalue weighted by atomic mass is 35.5. The maximum absolute atomic E-state index is 12.0. The van der Waals surface area contributed by atoms with Crippen LogP contribution in [0.2, 0.25) is 10.0 Å². The molecule has 0 saturated carbocycles. The van der Waals surface area contributed by atoms with Crippen molar-refractivity contribution in [3.05, 3.63) is 64.1 Å². The molecule has 6 heteroatoms. The highest BCUT2D eigenvalue weighted by Crippen LogP contribution is 2.26. The molecular formula is C13H10Cl2O3S. The summed E-state index contributed by atoms with van der Waals surface area (Å²) in [5.41, 5.74) is 0.760. The molecule has 0 aliphatic heterocycles. The summed E-state index contributed by atoms with van der Waals surface area (Å²) in [6.45, 7) is -0.0396. The van der Waals surface area contributed by atoms with Crippen LogP contribution in [0, 0.1) is 0 Å². The van der Waals surface area contributed by atoms with Crippen LogP contribution >= 0.6 is 23.2 Å². The second kappa shape index (κ2) is 5.92. The van der Waals surface area contributed by atoms with Crippen LogP contribution in [0.25, 0.3) is 0 Å². The van der Waals surface area contributed by atoms with Crippen molar-refractivity contribution in [3.8, 4) is 0 Å². The second-order valence-electron chi connectivity index (χ2n) is 3.78. The average Bonchev–Trinajstić information content (AvgIpc) is 2.37. The van der Waals surface area contributed by atoms with Crippen LogP contribution in [-0.4, -0.2) is 8.42 Å². The van der Waals surface area contributed by atoms with Gasteiger partial charge in [0.2, 0.25) is 0 Å². The van der Waals surface area contributed by atoms with Gasteiger partial charge >= 0.3 is 0 Å². The first-order valence-electron chi connectivity index (χ1n) is 5.37. The van der Waals surface area contributed by atoms with E-state index in [1.165, 1.54) is 18.2 Å². The first-order valence-corrected chi connectivity index (χ1v) is 7.54. The summed E-state index contributed by atoms with van der Waals surface area (Å²) in [5.74, 6) is 0. The molecule has 0 aliphatic rings. The molecule has 0 aromatic heterocycles. The lowest BCUT2D eigenvalue weighted by Gasteiger charge is -2.07. The SMILES string of the molecule is O=S(=O)(OCc1ccccc1)c1ccc(Cl)cc1Cl. The standard InChI is InChI=1S/C13H10Cl2O3S/c14-11-6-7-13(12(15)8-11)19(16,17)18-9-10-4-2-1-3-5-10/h1-8H,9H2. The van der Waals surface area contributed by atoms with Crippen molar-refractivity contribution in [2.75, 3.05) is 0 Å². The maximum atomic E-state index is 12.0. The van der Waals surface area contributed by atoms with Gasteiger partial charge in [-0.05, 0) is 23.8 Å². The van der Waals surface area contributed by atoms with Crippen LogP contribution in [0.1, 0.15) is 5.56 Å². The van der Waals surface area contributed by atoms with Gasteiger partial charge in [-0.2, -0.15) is 8.42 Å². The number of hydrogen-bond donors (Lipinski definition) is 0. The third kappa shape index (κ3) is 3.70. The van der Waals surface area contributed by atoms with E-state index in [9.17, 15) is 8.42 Å². The minimum atomic E-state index is -3.90. The number of halogens is 2. The zero-order valence-corrected chi connectivity index (χ0v) is 12.0. The lowest BCUT2D eigenvalue weighted by Crippen LogP contribution is -2.07. The lowest BCUT2D eigenvalue weighted by atomic mass is 10.2. The van der Waals surface area contributed by atoms with E-state index in [0.717, 1.165) is 5.56 Å². The third-order valence-corrected chi connectivity index (χ3v) is 4.37. The quantitative estimate of drug-likeness (QED) is 0.803. The topological polar surface area (TPSA) is 43.4 Å². The van der Waals surface area contributed by atoms with Gasteiger partial charge in [0, 0.05) is 5.02 Å². The van der Waals surface area contributed by atoms with Gasteiger partial charge in [-0.15, -0.1) is 0 Å². The summed E-state index contributed by atoms with van der Waals surface area (Å²) < 4.78 is 28.9. The van der Waals surface area contributed by atoms with Gasteiger partial charge in [0.25, 0.3) is 10.1 Å². The summed E-state index contributed by atoms with van der Waals surface area (Å²) in [6.07, 6.45) is 0. The van der Waals surface area contributed by atoms with Gasteiger partial charge < -0.3 is 0 Å². The Balaban J connectivity index is 2.19. The van der Waals surface area contributed by atoms with Crippen LogP contribution in [0.5, 0.6) is 0 Å². The van der Waals surface area contributed by atoms with Gasteiger partial charge in [-0.1, -0.05) is 53.5 Å². The fourth-order valence-electron chi connectivity index (χ4n) is 1.46.